The van der Waals surface area contributed by atoms with E-state index in [1.807, 2.05) is 0 Å². The maximum absolute atomic E-state index is 4.02. The van der Waals surface area contributed by atoms with E-state index in [1.165, 1.54) is 57.1 Å². The molecule has 1 heteroatoms. The smallest absolute Gasteiger partial charge is 0.0143 e. The summed E-state index contributed by atoms with van der Waals surface area (Å²) in [7, 11) is 0. The first-order valence-corrected chi connectivity index (χ1v) is 7.96. The van der Waals surface area contributed by atoms with Crippen LogP contribution in [0.25, 0.3) is 0 Å². The van der Waals surface area contributed by atoms with Gasteiger partial charge in [-0.05, 0) is 18.3 Å². The summed E-state index contributed by atoms with van der Waals surface area (Å²) in [5.41, 5.74) is 1.18. The Balaban J connectivity index is 3.10. The lowest BCUT2D eigenvalue weighted by Gasteiger charge is -2.12. The number of nitrogens with one attached hydrogen (secondary N) is 1. The molecule has 0 rings (SSSR count). The average Bonchev–Trinajstić information content (AvgIpc) is 2.30. The van der Waals surface area contributed by atoms with Crippen molar-refractivity contribution in [3.63, 3.8) is 0 Å². The molecule has 0 aromatic heterocycles. The Bertz CT molecular complexity index is 194. The van der Waals surface area contributed by atoms with Gasteiger partial charge < -0.3 is 5.32 Å². The third-order valence-corrected chi connectivity index (χ3v) is 3.51. The highest BCUT2D eigenvalue weighted by atomic mass is 14.9. The summed E-state index contributed by atoms with van der Waals surface area (Å²) in [5.74, 6) is 1.44. The van der Waals surface area contributed by atoms with Gasteiger partial charge in [0.25, 0.3) is 0 Å². The van der Waals surface area contributed by atoms with Gasteiger partial charge >= 0.3 is 0 Å². The number of rotatable bonds is 12. The van der Waals surface area contributed by atoms with Gasteiger partial charge in [-0.25, -0.2) is 0 Å². The highest BCUT2D eigenvalue weighted by molar-refractivity contribution is 4.93. The zero-order valence-electron chi connectivity index (χ0n) is 13.2. The largest absolute Gasteiger partial charge is 0.389 e. The standard InChI is InChI=1S/C17H35N/c1-15(2)13-11-9-7-6-8-10-12-14-18-17(5)16(3)4/h15-16,18H,5-14H2,1-4H3. The number of unbranched alkanes of at least 4 members (excludes halogenated alkanes) is 6. The summed E-state index contributed by atoms with van der Waals surface area (Å²) in [6.07, 6.45) is 11.2. The van der Waals surface area contributed by atoms with E-state index < -0.39 is 0 Å². The predicted molar refractivity (Wildman–Crippen MR) is 83.8 cm³/mol. The lowest BCUT2D eigenvalue weighted by Crippen LogP contribution is -2.17. The van der Waals surface area contributed by atoms with Crippen LogP contribution in [0, 0.1) is 11.8 Å². The molecule has 0 aliphatic heterocycles. The van der Waals surface area contributed by atoms with Gasteiger partial charge in [-0.2, -0.15) is 0 Å². The number of allylic oxidation sites excluding steroid dienone is 1. The van der Waals surface area contributed by atoms with Crippen molar-refractivity contribution in [2.45, 2.75) is 79.1 Å². The van der Waals surface area contributed by atoms with Crippen LogP contribution in [-0.2, 0) is 0 Å². The fourth-order valence-electron chi connectivity index (χ4n) is 2.01. The van der Waals surface area contributed by atoms with Crippen LogP contribution < -0.4 is 5.32 Å². The van der Waals surface area contributed by atoms with Crippen LogP contribution in [0.1, 0.15) is 79.1 Å². The second kappa shape index (κ2) is 11.6. The van der Waals surface area contributed by atoms with Crippen molar-refractivity contribution in [1.82, 2.24) is 5.32 Å². The molecular weight excluding hydrogens is 218 g/mol. The minimum atomic E-state index is 0.561. The van der Waals surface area contributed by atoms with Crippen molar-refractivity contribution < 1.29 is 0 Å². The molecule has 18 heavy (non-hydrogen) atoms. The topological polar surface area (TPSA) is 12.0 Å². The molecule has 0 amide bonds. The zero-order valence-corrected chi connectivity index (χ0v) is 13.2. The second-order valence-corrected chi connectivity index (χ2v) is 6.26. The fraction of sp³-hybridized carbons (Fsp3) is 0.882. The number of hydrogen-bond donors (Lipinski definition) is 1. The Hall–Kier alpha value is -0.460. The van der Waals surface area contributed by atoms with Crippen molar-refractivity contribution in [2.75, 3.05) is 6.54 Å². The van der Waals surface area contributed by atoms with Crippen LogP contribution in [0.2, 0.25) is 0 Å². The Morgan fingerprint density at radius 2 is 1.33 bits per heavy atom. The molecular formula is C17H35N. The normalized spacial score (nSPS) is 11.2. The second-order valence-electron chi connectivity index (χ2n) is 6.26. The first kappa shape index (κ1) is 17.5. The quantitative estimate of drug-likeness (QED) is 0.451. The molecule has 0 heterocycles. The van der Waals surface area contributed by atoms with Crippen molar-refractivity contribution >= 4 is 0 Å². The van der Waals surface area contributed by atoms with Gasteiger partial charge in [0.2, 0.25) is 0 Å². The molecule has 1 nitrogen and oxygen atoms in total. The van der Waals surface area contributed by atoms with E-state index in [0.717, 1.165) is 12.5 Å². The minimum absolute atomic E-state index is 0.561. The van der Waals surface area contributed by atoms with Crippen molar-refractivity contribution in [3.05, 3.63) is 12.3 Å². The third-order valence-electron chi connectivity index (χ3n) is 3.51. The highest BCUT2D eigenvalue weighted by Gasteiger charge is 1.98. The molecule has 0 spiro atoms. The van der Waals surface area contributed by atoms with Crippen LogP contribution in [0.15, 0.2) is 12.3 Å². The monoisotopic (exact) mass is 253 g/mol. The SMILES string of the molecule is C=C(NCCCCCCCCCC(C)C)C(C)C. The van der Waals surface area contributed by atoms with E-state index >= 15 is 0 Å². The first-order chi connectivity index (χ1) is 8.54. The highest BCUT2D eigenvalue weighted by Crippen LogP contribution is 2.12. The van der Waals surface area contributed by atoms with E-state index in [9.17, 15) is 0 Å². The van der Waals surface area contributed by atoms with Crippen LogP contribution in [0.4, 0.5) is 0 Å². The molecule has 0 fully saturated rings. The third kappa shape index (κ3) is 12.0. The van der Waals surface area contributed by atoms with Crippen LogP contribution in [0.3, 0.4) is 0 Å². The van der Waals surface area contributed by atoms with Crippen molar-refractivity contribution in [1.29, 1.82) is 0 Å². The van der Waals surface area contributed by atoms with Crippen LogP contribution in [-0.4, -0.2) is 6.54 Å². The summed E-state index contributed by atoms with van der Waals surface area (Å²) in [4.78, 5) is 0. The summed E-state index contributed by atoms with van der Waals surface area (Å²) in [6, 6.07) is 0. The van der Waals surface area contributed by atoms with E-state index in [-0.39, 0.29) is 0 Å². The van der Waals surface area contributed by atoms with Gasteiger partial charge in [-0.15, -0.1) is 0 Å². The Morgan fingerprint density at radius 1 is 0.833 bits per heavy atom. The summed E-state index contributed by atoms with van der Waals surface area (Å²) >= 11 is 0. The van der Waals surface area contributed by atoms with Crippen molar-refractivity contribution in [3.8, 4) is 0 Å². The molecule has 0 aliphatic rings. The average molecular weight is 253 g/mol. The summed E-state index contributed by atoms with van der Waals surface area (Å²) in [5, 5.41) is 3.41. The van der Waals surface area contributed by atoms with Gasteiger partial charge in [-0.3, -0.25) is 0 Å². The van der Waals surface area contributed by atoms with E-state index in [4.69, 9.17) is 0 Å². The molecule has 0 atom stereocenters. The van der Waals surface area contributed by atoms with Crippen molar-refractivity contribution in [2.24, 2.45) is 11.8 Å². The van der Waals surface area contributed by atoms with Crippen LogP contribution >= 0.6 is 0 Å². The van der Waals surface area contributed by atoms with E-state index in [2.05, 4.69) is 39.6 Å². The molecule has 0 aromatic carbocycles. The van der Waals surface area contributed by atoms with E-state index in [0.29, 0.717) is 5.92 Å². The molecule has 0 unspecified atom stereocenters. The predicted octanol–water partition coefficient (Wildman–Crippen LogP) is 5.52. The molecule has 0 aliphatic carbocycles. The Morgan fingerprint density at radius 3 is 1.83 bits per heavy atom. The van der Waals surface area contributed by atoms with Crippen LogP contribution in [0.5, 0.6) is 0 Å². The molecule has 0 radical (unpaired) electrons. The maximum atomic E-state index is 4.02. The molecule has 0 saturated carbocycles. The fourth-order valence-corrected chi connectivity index (χ4v) is 2.01. The minimum Gasteiger partial charge on any atom is -0.389 e. The lowest BCUT2D eigenvalue weighted by atomic mass is 10.0. The summed E-state index contributed by atoms with van der Waals surface area (Å²) in [6.45, 7) is 14.1. The molecule has 0 saturated heterocycles. The molecule has 1 N–H and O–H groups in total. The zero-order chi connectivity index (χ0) is 13.8. The van der Waals surface area contributed by atoms with Gasteiger partial charge in [0.1, 0.15) is 0 Å². The first-order valence-electron chi connectivity index (χ1n) is 7.96. The molecule has 0 bridgehead atoms. The molecule has 0 aromatic rings. The lowest BCUT2D eigenvalue weighted by molar-refractivity contribution is 0.507. The Labute approximate surface area is 115 Å². The Kier molecular flexibility index (Phi) is 11.3. The van der Waals surface area contributed by atoms with E-state index in [1.54, 1.807) is 0 Å². The number of hydrogen-bond acceptors (Lipinski definition) is 1. The maximum Gasteiger partial charge on any atom is 0.0143 e. The molecule has 108 valence electrons. The van der Waals surface area contributed by atoms with Gasteiger partial charge in [0.15, 0.2) is 0 Å². The van der Waals surface area contributed by atoms with Gasteiger partial charge in [-0.1, -0.05) is 79.2 Å². The summed E-state index contributed by atoms with van der Waals surface area (Å²) < 4.78 is 0. The van der Waals surface area contributed by atoms with Gasteiger partial charge in [0.05, 0.1) is 0 Å². The van der Waals surface area contributed by atoms with Gasteiger partial charge in [0, 0.05) is 12.2 Å².